The molecule has 3 nitrogen and oxygen atoms in total. The maximum absolute atomic E-state index is 10.3. The van der Waals surface area contributed by atoms with Crippen LogP contribution in [0.25, 0.3) is 0 Å². The number of thiophene rings is 1. The highest BCUT2D eigenvalue weighted by Gasteiger charge is 2.13. The summed E-state index contributed by atoms with van der Waals surface area (Å²) in [5.74, 6) is -0.761. The Morgan fingerprint density at radius 3 is 2.87 bits per heavy atom. The lowest BCUT2D eigenvalue weighted by molar-refractivity contribution is -0.137. The molecule has 3 N–H and O–H groups in total. The van der Waals surface area contributed by atoms with Crippen LogP contribution in [0.1, 0.15) is 35.1 Å². The highest BCUT2D eigenvalue weighted by Crippen LogP contribution is 2.33. The van der Waals surface area contributed by atoms with Gasteiger partial charge in [-0.2, -0.15) is 0 Å². The number of carboxylic acids is 1. The van der Waals surface area contributed by atoms with Crippen LogP contribution in [0.3, 0.4) is 0 Å². The molecule has 0 radical (unpaired) electrons. The highest BCUT2D eigenvalue weighted by molar-refractivity contribution is 9.10. The minimum Gasteiger partial charge on any atom is -0.481 e. The van der Waals surface area contributed by atoms with E-state index >= 15 is 0 Å². The standard InChI is InChI=1S/C10H14BrNO2S/c1-6-5-7(11)10(15-6)8(12)3-2-4-9(13)14/h5,8H,2-4,12H2,1H3,(H,13,14). The van der Waals surface area contributed by atoms with E-state index in [1.165, 1.54) is 4.88 Å². The molecule has 0 saturated carbocycles. The number of nitrogens with two attached hydrogens (primary N) is 1. The van der Waals surface area contributed by atoms with Gasteiger partial charge in [-0.3, -0.25) is 4.79 Å². The third kappa shape index (κ3) is 3.93. The van der Waals surface area contributed by atoms with Gasteiger partial charge in [0.05, 0.1) is 0 Å². The lowest BCUT2D eigenvalue weighted by Crippen LogP contribution is -2.09. The SMILES string of the molecule is Cc1cc(Br)c(C(N)CCCC(=O)O)s1. The molecule has 15 heavy (non-hydrogen) atoms. The highest BCUT2D eigenvalue weighted by atomic mass is 79.9. The quantitative estimate of drug-likeness (QED) is 0.876. The third-order valence-corrected chi connectivity index (χ3v) is 4.18. The zero-order valence-electron chi connectivity index (χ0n) is 8.50. The molecular formula is C10H14BrNO2S. The van der Waals surface area contributed by atoms with E-state index in [4.69, 9.17) is 10.8 Å². The van der Waals surface area contributed by atoms with Gasteiger partial charge in [-0.25, -0.2) is 0 Å². The number of carbonyl (C=O) groups is 1. The van der Waals surface area contributed by atoms with Gasteiger partial charge in [0.25, 0.3) is 0 Å². The molecule has 0 aliphatic rings. The summed E-state index contributed by atoms with van der Waals surface area (Å²) in [5, 5.41) is 8.51. The topological polar surface area (TPSA) is 63.3 Å². The van der Waals surface area contributed by atoms with Crippen LogP contribution in [0, 0.1) is 6.92 Å². The van der Waals surface area contributed by atoms with Crippen molar-refractivity contribution in [1.82, 2.24) is 0 Å². The Kier molecular flexibility index (Phi) is 4.76. The second-order valence-electron chi connectivity index (χ2n) is 3.46. The van der Waals surface area contributed by atoms with Crippen LogP contribution < -0.4 is 5.73 Å². The van der Waals surface area contributed by atoms with Crippen LogP contribution in [-0.2, 0) is 4.79 Å². The summed E-state index contributed by atoms with van der Waals surface area (Å²) in [7, 11) is 0. The van der Waals surface area contributed by atoms with E-state index in [-0.39, 0.29) is 12.5 Å². The number of hydrogen-bond acceptors (Lipinski definition) is 3. The molecule has 0 spiro atoms. The number of hydrogen-bond donors (Lipinski definition) is 2. The van der Waals surface area contributed by atoms with Crippen molar-refractivity contribution in [3.8, 4) is 0 Å². The van der Waals surface area contributed by atoms with Crippen LogP contribution in [0.15, 0.2) is 10.5 Å². The van der Waals surface area contributed by atoms with Gasteiger partial charge in [0.15, 0.2) is 0 Å². The molecule has 1 aromatic heterocycles. The number of aliphatic carboxylic acids is 1. The first-order chi connectivity index (χ1) is 7.00. The van der Waals surface area contributed by atoms with E-state index in [0.29, 0.717) is 12.8 Å². The Bertz CT molecular complexity index is 351. The van der Waals surface area contributed by atoms with E-state index in [1.54, 1.807) is 11.3 Å². The van der Waals surface area contributed by atoms with Crippen molar-refractivity contribution < 1.29 is 9.90 Å². The molecule has 1 heterocycles. The van der Waals surface area contributed by atoms with Gasteiger partial charge >= 0.3 is 5.97 Å². The van der Waals surface area contributed by atoms with Crippen molar-refractivity contribution in [2.75, 3.05) is 0 Å². The molecule has 1 unspecified atom stereocenters. The van der Waals surface area contributed by atoms with Gasteiger partial charge in [-0.1, -0.05) is 0 Å². The molecule has 0 aliphatic carbocycles. The average Bonchev–Trinajstić information content (AvgIpc) is 2.44. The van der Waals surface area contributed by atoms with E-state index in [0.717, 1.165) is 9.35 Å². The van der Waals surface area contributed by atoms with Crippen LogP contribution in [-0.4, -0.2) is 11.1 Å². The van der Waals surface area contributed by atoms with Crippen molar-refractivity contribution in [2.45, 2.75) is 32.2 Å². The van der Waals surface area contributed by atoms with E-state index in [9.17, 15) is 4.79 Å². The van der Waals surface area contributed by atoms with Gasteiger partial charge in [-0.05, 0) is 41.8 Å². The molecule has 0 fully saturated rings. The Morgan fingerprint density at radius 1 is 1.73 bits per heavy atom. The van der Waals surface area contributed by atoms with Gasteiger partial charge < -0.3 is 10.8 Å². The summed E-state index contributed by atoms with van der Waals surface area (Å²) in [6, 6.07) is 1.98. The summed E-state index contributed by atoms with van der Waals surface area (Å²) in [6.07, 6.45) is 1.53. The van der Waals surface area contributed by atoms with Crippen LogP contribution in [0.4, 0.5) is 0 Å². The van der Waals surface area contributed by atoms with Gasteiger partial charge in [-0.15, -0.1) is 11.3 Å². The molecule has 0 saturated heterocycles. The van der Waals surface area contributed by atoms with Gasteiger partial charge in [0, 0.05) is 26.7 Å². The van der Waals surface area contributed by atoms with Gasteiger partial charge in [0.1, 0.15) is 0 Å². The van der Waals surface area contributed by atoms with Crippen LogP contribution >= 0.6 is 27.3 Å². The molecule has 0 aromatic carbocycles. The summed E-state index contributed by atoms with van der Waals surface area (Å²) < 4.78 is 1.04. The summed E-state index contributed by atoms with van der Waals surface area (Å²) >= 11 is 5.11. The second kappa shape index (κ2) is 5.63. The normalized spacial score (nSPS) is 12.7. The first kappa shape index (κ1) is 12.7. The van der Waals surface area contributed by atoms with Crippen molar-refractivity contribution in [1.29, 1.82) is 0 Å². The zero-order valence-corrected chi connectivity index (χ0v) is 10.9. The van der Waals surface area contributed by atoms with Crippen molar-refractivity contribution >= 4 is 33.2 Å². The lowest BCUT2D eigenvalue weighted by Gasteiger charge is -2.09. The molecule has 1 rings (SSSR count). The fourth-order valence-corrected chi connectivity index (χ4v) is 3.34. The number of carboxylic acid groups (broad SMARTS) is 1. The molecule has 84 valence electrons. The Labute approximate surface area is 101 Å². The maximum atomic E-state index is 10.3. The van der Waals surface area contributed by atoms with Crippen molar-refractivity contribution in [3.05, 3.63) is 20.3 Å². The van der Waals surface area contributed by atoms with Gasteiger partial charge in [0.2, 0.25) is 0 Å². The number of halogens is 1. The predicted octanol–water partition coefficient (Wildman–Crippen LogP) is 3.07. The average molecular weight is 292 g/mol. The predicted molar refractivity (Wildman–Crippen MR) is 65.2 cm³/mol. The fraction of sp³-hybridized carbons (Fsp3) is 0.500. The molecule has 0 aliphatic heterocycles. The Morgan fingerprint density at radius 2 is 2.40 bits per heavy atom. The molecule has 1 atom stereocenters. The Hall–Kier alpha value is -0.390. The molecule has 0 amide bonds. The molecular weight excluding hydrogens is 278 g/mol. The summed E-state index contributed by atoms with van der Waals surface area (Å²) in [5.41, 5.74) is 5.98. The van der Waals surface area contributed by atoms with E-state index in [1.807, 2.05) is 13.0 Å². The number of rotatable bonds is 5. The first-order valence-electron chi connectivity index (χ1n) is 4.74. The van der Waals surface area contributed by atoms with Crippen LogP contribution in [0.2, 0.25) is 0 Å². The van der Waals surface area contributed by atoms with Crippen molar-refractivity contribution in [2.24, 2.45) is 5.73 Å². The third-order valence-electron chi connectivity index (χ3n) is 2.08. The second-order valence-corrected chi connectivity index (χ2v) is 5.60. The van der Waals surface area contributed by atoms with Crippen LogP contribution in [0.5, 0.6) is 0 Å². The van der Waals surface area contributed by atoms with E-state index < -0.39 is 5.97 Å². The largest absolute Gasteiger partial charge is 0.481 e. The fourth-order valence-electron chi connectivity index (χ4n) is 1.36. The van der Waals surface area contributed by atoms with Crippen molar-refractivity contribution in [3.63, 3.8) is 0 Å². The first-order valence-corrected chi connectivity index (χ1v) is 6.35. The Balaban J connectivity index is 2.50. The van der Waals surface area contributed by atoms with E-state index in [2.05, 4.69) is 15.9 Å². The summed E-state index contributed by atoms with van der Waals surface area (Å²) in [4.78, 5) is 12.7. The minimum atomic E-state index is -0.761. The molecule has 5 heteroatoms. The molecule has 1 aromatic rings. The smallest absolute Gasteiger partial charge is 0.303 e. The monoisotopic (exact) mass is 291 g/mol. The minimum absolute atomic E-state index is 0.0579. The maximum Gasteiger partial charge on any atom is 0.303 e. The summed E-state index contributed by atoms with van der Waals surface area (Å²) in [6.45, 7) is 2.03. The zero-order chi connectivity index (χ0) is 11.4. The lowest BCUT2D eigenvalue weighted by atomic mass is 10.1. The number of aryl methyl sites for hydroxylation is 1. The molecule has 0 bridgehead atoms.